The first kappa shape index (κ1) is 15.6. The average molecular weight is 282 g/mol. The topological polar surface area (TPSA) is 15.3 Å². The van der Waals surface area contributed by atoms with Gasteiger partial charge in [-0.3, -0.25) is 0 Å². The Kier molecular flexibility index (Phi) is 5.82. The molecule has 0 saturated heterocycles. The van der Waals surface area contributed by atoms with Crippen molar-refractivity contribution < 1.29 is 0 Å². The number of hydrogen-bond acceptors (Lipinski definition) is 2. The van der Waals surface area contributed by atoms with Crippen LogP contribution in [-0.4, -0.2) is 12.6 Å². The summed E-state index contributed by atoms with van der Waals surface area (Å²) in [6.07, 6.45) is 0. The lowest BCUT2D eigenvalue weighted by atomic mass is 10.1. The Morgan fingerprint density at radius 2 is 1.52 bits per heavy atom. The molecule has 0 spiro atoms. The van der Waals surface area contributed by atoms with Crippen molar-refractivity contribution in [3.05, 3.63) is 65.7 Å². The molecule has 0 radical (unpaired) electrons. The maximum Gasteiger partial charge on any atom is 0.0432 e. The number of nitrogens with one attached hydrogen (secondary N) is 1. The summed E-state index contributed by atoms with van der Waals surface area (Å²) in [5.74, 6) is 0. The number of nitrogens with zero attached hydrogens (tertiary/aromatic N) is 1. The second kappa shape index (κ2) is 7.84. The van der Waals surface area contributed by atoms with Crippen molar-refractivity contribution in [2.24, 2.45) is 0 Å². The molecule has 2 rings (SSSR count). The van der Waals surface area contributed by atoms with Crippen LogP contribution in [0.1, 0.15) is 31.9 Å². The van der Waals surface area contributed by atoms with E-state index in [4.69, 9.17) is 0 Å². The Labute approximate surface area is 128 Å². The standard InChI is InChI=1S/C19H26N2/c1-4-21(19-12-6-5-7-13-19)15-18-11-9-8-10-17(18)14-20-16(2)3/h5-13,16,20H,4,14-15H2,1-3H3. The summed E-state index contributed by atoms with van der Waals surface area (Å²) in [5, 5.41) is 3.51. The predicted octanol–water partition coefficient (Wildman–Crippen LogP) is 4.21. The van der Waals surface area contributed by atoms with Gasteiger partial charge in [0, 0.05) is 31.4 Å². The number of hydrogen-bond donors (Lipinski definition) is 1. The maximum absolute atomic E-state index is 3.51. The van der Waals surface area contributed by atoms with Gasteiger partial charge < -0.3 is 10.2 Å². The molecule has 0 aliphatic heterocycles. The second-order valence-electron chi connectivity index (χ2n) is 5.65. The SMILES string of the molecule is CCN(Cc1ccccc1CNC(C)C)c1ccccc1. The van der Waals surface area contributed by atoms with E-state index in [2.05, 4.69) is 85.6 Å². The van der Waals surface area contributed by atoms with E-state index in [1.54, 1.807) is 0 Å². The molecule has 0 aromatic heterocycles. The molecule has 0 saturated carbocycles. The minimum absolute atomic E-state index is 0.509. The van der Waals surface area contributed by atoms with E-state index in [9.17, 15) is 0 Å². The van der Waals surface area contributed by atoms with E-state index < -0.39 is 0 Å². The zero-order chi connectivity index (χ0) is 15.1. The quantitative estimate of drug-likeness (QED) is 0.818. The van der Waals surface area contributed by atoms with Crippen molar-refractivity contribution in [3.63, 3.8) is 0 Å². The predicted molar refractivity (Wildman–Crippen MR) is 91.6 cm³/mol. The summed E-state index contributed by atoms with van der Waals surface area (Å²) in [6.45, 7) is 9.48. The molecule has 112 valence electrons. The number of anilines is 1. The lowest BCUT2D eigenvalue weighted by molar-refractivity contribution is 0.585. The lowest BCUT2D eigenvalue weighted by Crippen LogP contribution is -2.25. The molecule has 0 aliphatic carbocycles. The van der Waals surface area contributed by atoms with Gasteiger partial charge in [0.2, 0.25) is 0 Å². The van der Waals surface area contributed by atoms with Crippen LogP contribution in [0.5, 0.6) is 0 Å². The molecular weight excluding hydrogens is 256 g/mol. The first-order valence-electron chi connectivity index (χ1n) is 7.81. The third-order valence-electron chi connectivity index (χ3n) is 3.68. The fourth-order valence-electron chi connectivity index (χ4n) is 2.43. The summed E-state index contributed by atoms with van der Waals surface area (Å²) in [6, 6.07) is 19.9. The van der Waals surface area contributed by atoms with Crippen LogP contribution in [0, 0.1) is 0 Å². The molecule has 2 aromatic rings. The Morgan fingerprint density at radius 3 is 2.14 bits per heavy atom. The van der Waals surface area contributed by atoms with Gasteiger partial charge in [-0.05, 0) is 30.2 Å². The maximum atomic E-state index is 3.51. The smallest absolute Gasteiger partial charge is 0.0432 e. The van der Waals surface area contributed by atoms with E-state index in [1.165, 1.54) is 16.8 Å². The molecule has 2 nitrogen and oxygen atoms in total. The van der Waals surface area contributed by atoms with E-state index in [1.807, 2.05) is 0 Å². The highest BCUT2D eigenvalue weighted by molar-refractivity contribution is 5.47. The summed E-state index contributed by atoms with van der Waals surface area (Å²) in [5.41, 5.74) is 4.07. The van der Waals surface area contributed by atoms with Crippen LogP contribution in [0.2, 0.25) is 0 Å². The first-order valence-corrected chi connectivity index (χ1v) is 7.81. The van der Waals surface area contributed by atoms with Crippen molar-refractivity contribution in [1.29, 1.82) is 0 Å². The molecule has 0 amide bonds. The normalized spacial score (nSPS) is 10.9. The molecule has 2 aromatic carbocycles. The summed E-state index contributed by atoms with van der Waals surface area (Å²) in [4.78, 5) is 2.41. The molecule has 1 N–H and O–H groups in total. The molecule has 2 heteroatoms. The molecule has 0 aliphatic rings. The van der Waals surface area contributed by atoms with E-state index in [-0.39, 0.29) is 0 Å². The zero-order valence-corrected chi connectivity index (χ0v) is 13.3. The lowest BCUT2D eigenvalue weighted by Gasteiger charge is -2.25. The van der Waals surface area contributed by atoms with Gasteiger partial charge in [-0.15, -0.1) is 0 Å². The van der Waals surface area contributed by atoms with Crippen molar-refractivity contribution in [3.8, 4) is 0 Å². The largest absolute Gasteiger partial charge is 0.367 e. The monoisotopic (exact) mass is 282 g/mol. The van der Waals surface area contributed by atoms with Gasteiger partial charge in [0.25, 0.3) is 0 Å². The minimum Gasteiger partial charge on any atom is -0.367 e. The van der Waals surface area contributed by atoms with Crippen LogP contribution in [0.15, 0.2) is 54.6 Å². The summed E-state index contributed by atoms with van der Waals surface area (Å²) in [7, 11) is 0. The van der Waals surface area contributed by atoms with Gasteiger partial charge in [-0.25, -0.2) is 0 Å². The van der Waals surface area contributed by atoms with E-state index in [0.717, 1.165) is 19.6 Å². The van der Waals surface area contributed by atoms with Crippen LogP contribution in [0.4, 0.5) is 5.69 Å². The fourth-order valence-corrected chi connectivity index (χ4v) is 2.43. The number of rotatable bonds is 7. The van der Waals surface area contributed by atoms with Crippen molar-refractivity contribution in [2.45, 2.75) is 39.9 Å². The number of benzene rings is 2. The van der Waals surface area contributed by atoms with Crippen LogP contribution in [0.3, 0.4) is 0 Å². The minimum atomic E-state index is 0.509. The van der Waals surface area contributed by atoms with Crippen LogP contribution >= 0.6 is 0 Å². The molecule has 21 heavy (non-hydrogen) atoms. The van der Waals surface area contributed by atoms with Gasteiger partial charge >= 0.3 is 0 Å². The molecule has 0 bridgehead atoms. The van der Waals surface area contributed by atoms with Crippen LogP contribution in [-0.2, 0) is 13.1 Å². The highest BCUT2D eigenvalue weighted by Gasteiger charge is 2.08. The second-order valence-corrected chi connectivity index (χ2v) is 5.65. The Bertz CT molecular complexity index is 534. The van der Waals surface area contributed by atoms with Gasteiger partial charge in [0.05, 0.1) is 0 Å². The van der Waals surface area contributed by atoms with Crippen LogP contribution in [0.25, 0.3) is 0 Å². The average Bonchev–Trinajstić information content (AvgIpc) is 2.52. The highest BCUT2D eigenvalue weighted by Crippen LogP contribution is 2.18. The van der Waals surface area contributed by atoms with E-state index in [0.29, 0.717) is 6.04 Å². The van der Waals surface area contributed by atoms with E-state index >= 15 is 0 Å². The van der Waals surface area contributed by atoms with Crippen molar-refractivity contribution >= 4 is 5.69 Å². The zero-order valence-electron chi connectivity index (χ0n) is 13.3. The third-order valence-corrected chi connectivity index (χ3v) is 3.68. The Balaban J connectivity index is 2.14. The summed E-state index contributed by atoms with van der Waals surface area (Å²) < 4.78 is 0. The highest BCUT2D eigenvalue weighted by atomic mass is 15.1. The van der Waals surface area contributed by atoms with Crippen LogP contribution < -0.4 is 10.2 Å². The van der Waals surface area contributed by atoms with Crippen molar-refractivity contribution in [1.82, 2.24) is 5.32 Å². The molecule has 0 fully saturated rings. The Hall–Kier alpha value is -1.80. The van der Waals surface area contributed by atoms with Gasteiger partial charge in [0.15, 0.2) is 0 Å². The van der Waals surface area contributed by atoms with Crippen molar-refractivity contribution in [2.75, 3.05) is 11.4 Å². The molecule has 0 atom stereocenters. The van der Waals surface area contributed by atoms with Gasteiger partial charge in [0.1, 0.15) is 0 Å². The Morgan fingerprint density at radius 1 is 0.905 bits per heavy atom. The summed E-state index contributed by atoms with van der Waals surface area (Å²) >= 11 is 0. The van der Waals surface area contributed by atoms with Gasteiger partial charge in [-0.2, -0.15) is 0 Å². The first-order chi connectivity index (χ1) is 10.2. The fraction of sp³-hybridized carbons (Fsp3) is 0.368. The third kappa shape index (κ3) is 4.61. The molecule has 0 unspecified atom stereocenters. The number of para-hydroxylation sites is 1. The van der Waals surface area contributed by atoms with Gasteiger partial charge in [-0.1, -0.05) is 56.3 Å². The molecule has 0 heterocycles. The molecular formula is C19H26N2.